The molecule has 1 aliphatic heterocycles. The molecule has 1 aromatic heterocycles. The van der Waals surface area contributed by atoms with Crippen LogP contribution in [-0.4, -0.2) is 27.3 Å². The van der Waals surface area contributed by atoms with E-state index in [1.807, 2.05) is 79.7 Å². The summed E-state index contributed by atoms with van der Waals surface area (Å²) in [7, 11) is 0. The van der Waals surface area contributed by atoms with E-state index in [1.165, 1.54) is 11.8 Å². The highest BCUT2D eigenvalue weighted by atomic mass is 79.9. The number of nitrogens with one attached hydrogen (secondary N) is 1. The van der Waals surface area contributed by atoms with Gasteiger partial charge in [0.05, 0.1) is 5.57 Å². The monoisotopic (exact) mass is 636 g/mol. The van der Waals surface area contributed by atoms with Gasteiger partial charge in [0, 0.05) is 20.9 Å². The number of ether oxygens (including phenoxy) is 2. The Morgan fingerprint density at radius 1 is 1.15 bits per heavy atom. The molecular weight excluding hydrogens is 612 g/mol. The van der Waals surface area contributed by atoms with Gasteiger partial charge in [-0.3, -0.25) is 0 Å². The Balaban J connectivity index is 1.41. The molecule has 3 aromatic carbocycles. The maximum absolute atomic E-state index is 13.2. The number of carbonyl (C=O) groups excluding carboxylic acids is 1. The third-order valence-corrected chi connectivity index (χ3v) is 8.00. The van der Waals surface area contributed by atoms with Crippen LogP contribution in [-0.2, 0) is 21.9 Å². The molecule has 0 bridgehead atoms. The molecule has 40 heavy (non-hydrogen) atoms. The second-order valence-corrected chi connectivity index (χ2v) is 11.2. The molecule has 0 radical (unpaired) electrons. The number of hydrogen-bond donors (Lipinski definition) is 1. The molecule has 0 spiro atoms. The molecule has 2 heterocycles. The van der Waals surface area contributed by atoms with Crippen LogP contribution in [0, 0.1) is 0 Å². The van der Waals surface area contributed by atoms with Crippen molar-refractivity contribution < 1.29 is 14.3 Å². The van der Waals surface area contributed by atoms with Gasteiger partial charge in [-0.2, -0.15) is 4.98 Å². The average Bonchev–Trinajstić information content (AvgIpc) is 3.37. The topological polar surface area (TPSA) is 78.3 Å². The molecule has 7 nitrogen and oxygen atoms in total. The molecule has 204 valence electrons. The lowest BCUT2D eigenvalue weighted by atomic mass is 9.96. The van der Waals surface area contributed by atoms with E-state index in [9.17, 15) is 4.79 Å². The highest BCUT2D eigenvalue weighted by molar-refractivity contribution is 9.10. The van der Waals surface area contributed by atoms with Gasteiger partial charge in [-0.1, -0.05) is 94.4 Å². The number of allylic oxidation sites excluding steroid dienone is 1. The number of nitrogens with zero attached hydrogens (tertiary/aromatic N) is 3. The van der Waals surface area contributed by atoms with Crippen molar-refractivity contribution in [3.05, 3.63) is 123 Å². The minimum absolute atomic E-state index is 0.105. The predicted octanol–water partition coefficient (Wildman–Crippen LogP) is 7.58. The SMILES string of the molecule is C=CCOC(=O)C1=C(C)Nc2nc(SCc3ccccc3Cl)nn2C1c1ccc(OCc2ccc(Br)cc2)cc1. The smallest absolute Gasteiger partial charge is 0.338 e. The van der Waals surface area contributed by atoms with E-state index in [1.54, 1.807) is 10.8 Å². The average molecular weight is 638 g/mol. The van der Waals surface area contributed by atoms with Crippen molar-refractivity contribution in [2.75, 3.05) is 11.9 Å². The summed E-state index contributed by atoms with van der Waals surface area (Å²) in [4.78, 5) is 17.9. The summed E-state index contributed by atoms with van der Waals surface area (Å²) < 4.78 is 14.2. The minimum Gasteiger partial charge on any atom is -0.489 e. The normalized spacial score (nSPS) is 14.3. The maximum Gasteiger partial charge on any atom is 0.338 e. The van der Waals surface area contributed by atoms with Crippen LogP contribution in [0.3, 0.4) is 0 Å². The summed E-state index contributed by atoms with van der Waals surface area (Å²) in [6, 6.07) is 22.8. The molecule has 1 aliphatic rings. The number of anilines is 1. The van der Waals surface area contributed by atoms with Gasteiger partial charge in [-0.25, -0.2) is 9.48 Å². The van der Waals surface area contributed by atoms with Crippen LogP contribution in [0.25, 0.3) is 0 Å². The Morgan fingerprint density at radius 3 is 2.62 bits per heavy atom. The van der Waals surface area contributed by atoms with E-state index in [-0.39, 0.29) is 6.61 Å². The van der Waals surface area contributed by atoms with Crippen molar-refractivity contribution >= 4 is 51.2 Å². The highest BCUT2D eigenvalue weighted by Gasteiger charge is 2.35. The van der Waals surface area contributed by atoms with E-state index in [0.29, 0.717) is 45.5 Å². The Bertz CT molecular complexity index is 1550. The maximum atomic E-state index is 13.2. The van der Waals surface area contributed by atoms with E-state index in [4.69, 9.17) is 31.2 Å². The molecule has 4 aromatic rings. The second-order valence-electron chi connectivity index (χ2n) is 8.98. The number of aromatic nitrogens is 3. The molecule has 1 N–H and O–H groups in total. The lowest BCUT2D eigenvalue weighted by Crippen LogP contribution is -2.29. The molecule has 0 amide bonds. The minimum atomic E-state index is -0.545. The van der Waals surface area contributed by atoms with Crippen molar-refractivity contribution in [1.82, 2.24) is 14.8 Å². The zero-order valence-corrected chi connectivity index (χ0v) is 24.8. The van der Waals surface area contributed by atoms with Gasteiger partial charge in [0.15, 0.2) is 0 Å². The number of thioether (sulfide) groups is 1. The Morgan fingerprint density at radius 2 is 1.90 bits per heavy atom. The van der Waals surface area contributed by atoms with Crippen molar-refractivity contribution in [2.45, 2.75) is 30.5 Å². The summed E-state index contributed by atoms with van der Waals surface area (Å²) in [5, 5.41) is 9.26. The number of rotatable bonds is 10. The van der Waals surface area contributed by atoms with E-state index >= 15 is 0 Å². The molecule has 0 fully saturated rings. The molecule has 1 atom stereocenters. The van der Waals surface area contributed by atoms with Crippen LogP contribution >= 0.6 is 39.3 Å². The summed E-state index contributed by atoms with van der Waals surface area (Å²) in [5.74, 6) is 1.42. The van der Waals surface area contributed by atoms with Crippen LogP contribution in [0.2, 0.25) is 5.02 Å². The van der Waals surface area contributed by atoms with Gasteiger partial charge < -0.3 is 14.8 Å². The molecule has 0 aliphatic carbocycles. The molecule has 10 heteroatoms. The molecular formula is C30H26BrClN4O3S. The highest BCUT2D eigenvalue weighted by Crippen LogP contribution is 2.38. The standard InChI is InChI=1S/C30H26BrClN4O3S/c1-3-16-38-28(37)26-19(2)33-29-34-30(40-18-22-6-4-5-7-25(22)32)35-36(29)27(26)21-10-14-24(15-11-21)39-17-20-8-12-23(31)13-9-20/h3-15,27H,1,16-18H2,2H3,(H,33,34,35). The first-order chi connectivity index (χ1) is 19.4. The van der Waals surface area contributed by atoms with Gasteiger partial charge in [-0.05, 0) is 53.9 Å². The second kappa shape index (κ2) is 12.8. The van der Waals surface area contributed by atoms with E-state index < -0.39 is 12.0 Å². The lowest BCUT2D eigenvalue weighted by molar-refractivity contribution is -0.138. The number of halogens is 2. The van der Waals surface area contributed by atoms with Crippen molar-refractivity contribution in [2.24, 2.45) is 0 Å². The number of fused-ring (bicyclic) bond motifs is 1. The van der Waals surface area contributed by atoms with Gasteiger partial charge in [0.25, 0.3) is 0 Å². The fourth-order valence-electron chi connectivity index (χ4n) is 4.23. The Labute approximate surface area is 250 Å². The lowest BCUT2D eigenvalue weighted by Gasteiger charge is -2.28. The van der Waals surface area contributed by atoms with E-state index in [0.717, 1.165) is 21.2 Å². The van der Waals surface area contributed by atoms with Gasteiger partial charge in [0.2, 0.25) is 11.1 Å². The number of esters is 1. The Kier molecular flexibility index (Phi) is 8.94. The Hall–Kier alpha value is -3.53. The van der Waals surface area contributed by atoms with Crippen LogP contribution in [0.15, 0.2) is 106 Å². The van der Waals surface area contributed by atoms with Crippen LogP contribution in [0.4, 0.5) is 5.95 Å². The number of carbonyl (C=O) groups is 1. The third-order valence-electron chi connectivity index (χ3n) is 6.21. The largest absolute Gasteiger partial charge is 0.489 e. The van der Waals surface area contributed by atoms with Crippen LogP contribution in [0.5, 0.6) is 5.75 Å². The zero-order valence-electron chi connectivity index (χ0n) is 21.6. The summed E-state index contributed by atoms with van der Waals surface area (Å²) in [6.07, 6.45) is 1.54. The van der Waals surface area contributed by atoms with Crippen LogP contribution in [0.1, 0.15) is 29.7 Å². The van der Waals surface area contributed by atoms with E-state index in [2.05, 4.69) is 27.8 Å². The third kappa shape index (κ3) is 6.43. The van der Waals surface area contributed by atoms with Gasteiger partial charge >= 0.3 is 5.97 Å². The summed E-state index contributed by atoms with van der Waals surface area (Å²) in [5.41, 5.74) is 4.00. The van der Waals surface area contributed by atoms with Crippen molar-refractivity contribution in [3.8, 4) is 5.75 Å². The molecule has 5 rings (SSSR count). The summed E-state index contributed by atoms with van der Waals surface area (Å²) >= 11 is 11.3. The number of hydrogen-bond acceptors (Lipinski definition) is 7. The molecule has 0 saturated carbocycles. The quantitative estimate of drug-likeness (QED) is 0.109. The number of benzene rings is 3. The van der Waals surface area contributed by atoms with Crippen molar-refractivity contribution in [3.63, 3.8) is 0 Å². The first-order valence-electron chi connectivity index (χ1n) is 12.5. The van der Waals surface area contributed by atoms with Crippen LogP contribution < -0.4 is 10.1 Å². The van der Waals surface area contributed by atoms with Gasteiger partial charge in [0.1, 0.15) is 25.0 Å². The zero-order chi connectivity index (χ0) is 28.1. The predicted molar refractivity (Wildman–Crippen MR) is 162 cm³/mol. The summed E-state index contributed by atoms with van der Waals surface area (Å²) in [6.45, 7) is 6.04. The molecule has 1 unspecified atom stereocenters. The first kappa shape index (κ1) is 28.0. The molecule has 0 saturated heterocycles. The first-order valence-corrected chi connectivity index (χ1v) is 14.6. The van der Waals surface area contributed by atoms with Gasteiger partial charge in [-0.15, -0.1) is 5.10 Å². The fraction of sp³-hybridized carbons (Fsp3) is 0.167. The van der Waals surface area contributed by atoms with Crippen molar-refractivity contribution in [1.29, 1.82) is 0 Å². The fourth-order valence-corrected chi connectivity index (χ4v) is 5.61.